The van der Waals surface area contributed by atoms with Crippen molar-refractivity contribution in [2.45, 2.75) is 215 Å². The lowest BCUT2D eigenvalue weighted by Gasteiger charge is -2.48. The SMILES string of the molecule is N[C@H]1C(O)O[C@H](CO)[C@@H](O[C@H]2O[C@H](CO)[C@@H](O)[C@H](O[C@H]3O[C@H](CO)[C@@H](O)[C@H](O[C@@H]4O[C@@H]([C@H](O)CO)[C@H](O[C@H]5O[C@H](CO[C@H]6O[C@H](COP(=O)(O)O[C@H]7O[C@H](CO)[C@@H](O)[C@H](O)[C@@H]7O)[C@H](O)[C@H](O)[C@H]6O)[C@H](O)[C@H](O)[C@H]5O)[C@H]4O)[C@@H]3O)[C@@H]2O)[C@@H]1O. The van der Waals surface area contributed by atoms with Crippen LogP contribution in [0, 0.1) is 0 Å². The summed E-state index contributed by atoms with van der Waals surface area (Å²) in [7, 11) is -5.39. The quantitative estimate of drug-likeness (QED) is 0.0448. The highest BCUT2D eigenvalue weighted by Crippen LogP contribution is 2.47. The molecule has 0 bridgehead atoms. The molecule has 36 atom stereocenters. The number of rotatable bonds is 22. The van der Waals surface area contributed by atoms with E-state index < -0.39 is 269 Å². The fraction of sp³-hybridized carbons (Fsp3) is 1.00. The Morgan fingerprint density at radius 2 is 0.768 bits per heavy atom. The van der Waals surface area contributed by atoms with Gasteiger partial charge in [-0.05, 0) is 0 Å². The third-order valence-electron chi connectivity index (χ3n) is 14.8. The van der Waals surface area contributed by atoms with Gasteiger partial charge in [-0.25, -0.2) is 4.57 Å². The van der Waals surface area contributed by atoms with Gasteiger partial charge in [-0.15, -0.1) is 0 Å². The number of phosphoric acid groups is 1. The van der Waals surface area contributed by atoms with Crippen LogP contribution >= 0.6 is 7.82 Å². The van der Waals surface area contributed by atoms with E-state index in [1.54, 1.807) is 0 Å². The summed E-state index contributed by atoms with van der Waals surface area (Å²) < 4.78 is 88.7. The minimum atomic E-state index is -5.39. The highest BCUT2D eigenvalue weighted by Gasteiger charge is 2.58. The maximum atomic E-state index is 12.8. The highest BCUT2D eigenvalue weighted by atomic mass is 31.2. The molecule has 2 unspecified atom stereocenters. The van der Waals surface area contributed by atoms with Crippen molar-refractivity contribution in [3.05, 3.63) is 0 Å². The maximum absolute atomic E-state index is 12.8. The normalized spacial score (nSPS) is 51.6. The number of nitrogens with two attached hydrogens (primary N) is 1. The second-order valence-electron chi connectivity index (χ2n) is 20.3. The second kappa shape index (κ2) is 28.9. The van der Waals surface area contributed by atoms with Crippen LogP contribution in [0.1, 0.15) is 0 Å². The zero-order valence-corrected chi connectivity index (χ0v) is 43.5. The summed E-state index contributed by atoms with van der Waals surface area (Å²) >= 11 is 0. The Balaban J connectivity index is 0.998. The molecule has 480 valence electrons. The van der Waals surface area contributed by atoms with E-state index in [0.29, 0.717) is 0 Å². The van der Waals surface area contributed by atoms with Crippen molar-refractivity contribution in [3.63, 3.8) is 0 Å². The van der Waals surface area contributed by atoms with Gasteiger partial charge < -0.3 is 180 Å². The molecule has 7 aliphatic heterocycles. The molecule has 0 aromatic carbocycles. The van der Waals surface area contributed by atoms with Gasteiger partial charge in [0.25, 0.3) is 0 Å². The van der Waals surface area contributed by atoms with Gasteiger partial charge in [0.1, 0.15) is 165 Å². The molecule has 25 N–H and O–H groups in total. The average molecular weight is 1230 g/mol. The molecule has 0 amide bonds. The summed E-state index contributed by atoms with van der Waals surface area (Å²) in [6, 6.07) is -1.51. The molecule has 40 heteroatoms. The molecule has 0 aromatic heterocycles. The Kier molecular flexibility index (Phi) is 24.0. The van der Waals surface area contributed by atoms with Crippen LogP contribution in [0.5, 0.6) is 0 Å². The molecule has 0 saturated carbocycles. The summed E-state index contributed by atoms with van der Waals surface area (Å²) in [6.07, 6.45) is -67.7. The van der Waals surface area contributed by atoms with Gasteiger partial charge in [0.15, 0.2) is 44.0 Å². The summed E-state index contributed by atoms with van der Waals surface area (Å²) in [5.74, 6) is 0. The first-order valence-corrected chi connectivity index (χ1v) is 27.0. The molecule has 0 spiro atoms. The lowest BCUT2D eigenvalue weighted by atomic mass is 9.95. The topological polar surface area (TPSA) is 638 Å². The number of hydrogen-bond acceptors (Lipinski definition) is 38. The van der Waals surface area contributed by atoms with Crippen LogP contribution in [-0.4, -0.2) is 378 Å². The monoisotopic (exact) mass is 1230 g/mol. The van der Waals surface area contributed by atoms with Crippen molar-refractivity contribution in [3.8, 4) is 0 Å². The minimum absolute atomic E-state index is 0.865. The van der Waals surface area contributed by atoms with Crippen LogP contribution in [-0.2, 0) is 70.5 Å². The largest absolute Gasteiger partial charge is 0.474 e. The minimum Gasteiger partial charge on any atom is -0.394 e. The van der Waals surface area contributed by atoms with E-state index in [1.165, 1.54) is 0 Å². The van der Waals surface area contributed by atoms with Gasteiger partial charge in [-0.2, -0.15) is 0 Å². The van der Waals surface area contributed by atoms with E-state index >= 15 is 0 Å². The van der Waals surface area contributed by atoms with Gasteiger partial charge in [0, 0.05) is 0 Å². The lowest BCUT2D eigenvalue weighted by Crippen LogP contribution is -2.67. The molecular formula is C42H74NO38P. The fourth-order valence-corrected chi connectivity index (χ4v) is 10.8. The standard InChI is InChI=1S/C42H74NO38P/c43-15-21(55)32(12(5-48)70-36(15)65)77-39-28(62)33(19(53)10(3-46)71-39)78-40-29(63)34(20(54)11(4-47)72-40)79-41-30(64)35(31(76-41)8(49)1-44)80-38-26(60)24(58)17(51)13(75-38)6-68-37-25(59)23(57)18(52)14(74-37)7-69-82(66,67)81-42-27(61)22(56)16(50)9(2-45)73-42/h8-42,44-65H,1-7,43H2,(H,66,67)/t8-,9-,10-,11-,12-,13-,14-,15-,16-,17+,18+,19-,20-,21-,22+,23+,24+,25-,26-,27+,28+,29+,30-,31+,32-,33+,34+,35-,36?,37+,38-,39-,40-,41+,42-/m1/s1. The van der Waals surface area contributed by atoms with Crippen LogP contribution < -0.4 is 5.73 Å². The first-order chi connectivity index (χ1) is 38.6. The van der Waals surface area contributed by atoms with E-state index in [4.69, 9.17) is 71.6 Å². The molecule has 82 heavy (non-hydrogen) atoms. The lowest BCUT2D eigenvalue weighted by molar-refractivity contribution is -0.380. The molecule has 0 aliphatic carbocycles. The van der Waals surface area contributed by atoms with Crippen LogP contribution in [0.15, 0.2) is 0 Å². The van der Waals surface area contributed by atoms with E-state index in [-0.39, 0.29) is 0 Å². The van der Waals surface area contributed by atoms with E-state index in [0.717, 1.165) is 0 Å². The average Bonchev–Trinajstić information content (AvgIpc) is 3.29. The van der Waals surface area contributed by atoms with Gasteiger partial charge in [-0.1, -0.05) is 0 Å². The van der Waals surface area contributed by atoms with Crippen molar-refractivity contribution in [1.82, 2.24) is 0 Å². The van der Waals surface area contributed by atoms with Crippen molar-refractivity contribution in [2.75, 3.05) is 46.2 Å². The third-order valence-corrected chi connectivity index (χ3v) is 15.7. The first kappa shape index (κ1) is 68.2. The number of phosphoric ester groups is 1. The molecule has 7 heterocycles. The molecule has 0 aromatic rings. The fourth-order valence-electron chi connectivity index (χ4n) is 9.92. The van der Waals surface area contributed by atoms with Crippen molar-refractivity contribution < 1.29 is 188 Å². The Labute approximate surface area is 461 Å². The predicted molar refractivity (Wildman–Crippen MR) is 245 cm³/mol. The summed E-state index contributed by atoms with van der Waals surface area (Å²) in [6.45, 7) is -7.11. The predicted octanol–water partition coefficient (Wildman–Crippen LogP) is -16.2. The van der Waals surface area contributed by atoms with E-state index in [1.807, 2.05) is 0 Å². The molecule has 7 fully saturated rings. The molecule has 7 rings (SSSR count). The number of hydrogen-bond donors (Lipinski definition) is 24. The molecule has 39 nitrogen and oxygen atoms in total. The Morgan fingerprint density at radius 1 is 0.390 bits per heavy atom. The van der Waals surface area contributed by atoms with Crippen molar-refractivity contribution >= 4 is 7.82 Å². The zero-order chi connectivity index (χ0) is 60.6. The molecule has 7 saturated heterocycles. The Bertz CT molecular complexity index is 2010. The number of ether oxygens (including phenoxy) is 12. The van der Waals surface area contributed by atoms with Gasteiger partial charge in [0.05, 0.1) is 52.3 Å². The third kappa shape index (κ3) is 14.6. The number of aliphatic hydroxyl groups excluding tert-OH is 22. The highest BCUT2D eigenvalue weighted by molar-refractivity contribution is 7.47. The van der Waals surface area contributed by atoms with E-state index in [2.05, 4.69) is 0 Å². The first-order valence-electron chi connectivity index (χ1n) is 25.5. The summed E-state index contributed by atoms with van der Waals surface area (Å²) in [5.41, 5.74) is 5.78. The summed E-state index contributed by atoms with van der Waals surface area (Å²) in [5, 5.41) is 233. The Morgan fingerprint density at radius 3 is 1.28 bits per heavy atom. The van der Waals surface area contributed by atoms with Gasteiger partial charge in [-0.3, -0.25) is 9.05 Å². The van der Waals surface area contributed by atoms with Crippen LogP contribution in [0.4, 0.5) is 0 Å². The van der Waals surface area contributed by atoms with Crippen LogP contribution in [0.3, 0.4) is 0 Å². The van der Waals surface area contributed by atoms with Crippen LogP contribution in [0.2, 0.25) is 0 Å². The van der Waals surface area contributed by atoms with Gasteiger partial charge >= 0.3 is 7.82 Å². The smallest absolute Gasteiger partial charge is 0.394 e. The molecule has 0 radical (unpaired) electrons. The van der Waals surface area contributed by atoms with Crippen molar-refractivity contribution in [2.24, 2.45) is 5.73 Å². The molecular weight excluding hydrogens is 1160 g/mol. The summed E-state index contributed by atoms with van der Waals surface area (Å²) in [4.78, 5) is 10.3. The van der Waals surface area contributed by atoms with Crippen molar-refractivity contribution in [1.29, 1.82) is 0 Å². The molecule has 7 aliphatic rings. The second-order valence-corrected chi connectivity index (χ2v) is 21.7. The number of aliphatic hydroxyl groups is 22. The zero-order valence-electron chi connectivity index (χ0n) is 42.6. The maximum Gasteiger partial charge on any atom is 0.474 e. The van der Waals surface area contributed by atoms with E-state index in [9.17, 15) is 122 Å². The van der Waals surface area contributed by atoms with Gasteiger partial charge in [0.2, 0.25) is 0 Å². The van der Waals surface area contributed by atoms with Crippen LogP contribution in [0.25, 0.3) is 0 Å². The Hall–Kier alpha value is -1.29.